The average Bonchev–Trinajstić information content (AvgIpc) is 2.78. The van der Waals surface area contributed by atoms with E-state index in [9.17, 15) is 4.79 Å². The first-order valence-electron chi connectivity index (χ1n) is 11.8. The van der Waals surface area contributed by atoms with Gasteiger partial charge in [0.15, 0.2) is 0 Å². The Kier molecular flexibility index (Phi) is 4.38. The molecule has 4 nitrogen and oxygen atoms in total. The molecule has 7 rings (SSSR count). The van der Waals surface area contributed by atoms with Gasteiger partial charge in [0.2, 0.25) is 0 Å². The molecule has 2 aromatic heterocycles. The highest BCUT2D eigenvalue weighted by Crippen LogP contribution is 2.58. The smallest absolute Gasteiger partial charge is 0.255 e. The van der Waals surface area contributed by atoms with E-state index < -0.39 is 0 Å². The van der Waals surface area contributed by atoms with Crippen molar-refractivity contribution in [1.82, 2.24) is 14.9 Å². The summed E-state index contributed by atoms with van der Waals surface area (Å²) in [4.78, 5) is 25.4. The van der Waals surface area contributed by atoms with Crippen molar-refractivity contribution < 1.29 is 4.79 Å². The highest BCUT2D eigenvalue weighted by atomic mass is 16.2. The van der Waals surface area contributed by atoms with Crippen LogP contribution in [0.15, 0.2) is 54.9 Å². The van der Waals surface area contributed by atoms with E-state index in [4.69, 9.17) is 4.98 Å². The molecule has 0 radical (unpaired) electrons. The van der Waals surface area contributed by atoms with Crippen molar-refractivity contribution >= 4 is 16.8 Å². The zero-order valence-corrected chi connectivity index (χ0v) is 18.1. The second-order valence-electron chi connectivity index (χ2n) is 10.00. The van der Waals surface area contributed by atoms with E-state index in [2.05, 4.69) is 16.8 Å². The molecule has 0 atom stereocenters. The fourth-order valence-corrected chi connectivity index (χ4v) is 7.26. The predicted molar refractivity (Wildman–Crippen MR) is 123 cm³/mol. The fraction of sp³-hybridized carbons (Fsp3) is 0.444. The fourth-order valence-electron chi connectivity index (χ4n) is 7.26. The predicted octanol–water partition coefficient (Wildman–Crippen LogP) is 5.73. The Hall–Kier alpha value is -2.75. The molecular formula is C27H29N3O. The van der Waals surface area contributed by atoms with Gasteiger partial charge in [0.05, 0.1) is 16.8 Å². The van der Waals surface area contributed by atoms with Gasteiger partial charge in [-0.3, -0.25) is 9.78 Å². The van der Waals surface area contributed by atoms with E-state index in [0.717, 1.165) is 52.0 Å². The Morgan fingerprint density at radius 2 is 1.65 bits per heavy atom. The molecule has 1 aromatic carbocycles. The third-order valence-corrected chi connectivity index (χ3v) is 8.06. The van der Waals surface area contributed by atoms with Gasteiger partial charge in [-0.15, -0.1) is 0 Å². The molecule has 4 bridgehead atoms. The monoisotopic (exact) mass is 411 g/mol. The van der Waals surface area contributed by atoms with Crippen molar-refractivity contribution in [2.24, 2.45) is 17.8 Å². The maximum Gasteiger partial charge on any atom is 0.255 e. The minimum Gasteiger partial charge on any atom is -0.333 e. The molecule has 4 heteroatoms. The van der Waals surface area contributed by atoms with Crippen LogP contribution in [0.1, 0.15) is 55.8 Å². The van der Waals surface area contributed by atoms with Crippen LogP contribution < -0.4 is 0 Å². The number of nitrogens with zero attached hydrogens (tertiary/aromatic N) is 3. The maximum atomic E-state index is 14.2. The molecule has 3 aromatic rings. The van der Waals surface area contributed by atoms with Crippen molar-refractivity contribution in [2.45, 2.75) is 51.0 Å². The molecule has 1 amide bonds. The van der Waals surface area contributed by atoms with Crippen LogP contribution in [0.4, 0.5) is 0 Å². The molecule has 31 heavy (non-hydrogen) atoms. The first-order valence-corrected chi connectivity index (χ1v) is 11.8. The number of aromatic nitrogens is 2. The summed E-state index contributed by atoms with van der Waals surface area (Å²) in [5.74, 6) is 2.62. The maximum absolute atomic E-state index is 14.2. The molecule has 0 aliphatic heterocycles. The number of hydrogen-bond donors (Lipinski definition) is 0. The van der Waals surface area contributed by atoms with Crippen molar-refractivity contribution in [3.05, 3.63) is 60.4 Å². The average molecular weight is 412 g/mol. The van der Waals surface area contributed by atoms with Crippen LogP contribution in [0.2, 0.25) is 0 Å². The third-order valence-electron chi connectivity index (χ3n) is 8.06. The van der Waals surface area contributed by atoms with E-state index in [1.165, 1.54) is 38.5 Å². The lowest BCUT2D eigenvalue weighted by molar-refractivity contribution is -0.0730. The van der Waals surface area contributed by atoms with Crippen LogP contribution in [0.25, 0.3) is 22.2 Å². The van der Waals surface area contributed by atoms with Crippen molar-refractivity contribution in [2.75, 3.05) is 6.54 Å². The van der Waals surface area contributed by atoms with Gasteiger partial charge in [-0.1, -0.05) is 18.2 Å². The first kappa shape index (κ1) is 19.0. The molecular weight excluding hydrogens is 382 g/mol. The summed E-state index contributed by atoms with van der Waals surface area (Å²) < 4.78 is 0. The van der Waals surface area contributed by atoms with Crippen LogP contribution in [0.5, 0.6) is 0 Å². The number of carbonyl (C=O) groups is 1. The van der Waals surface area contributed by atoms with Crippen molar-refractivity contribution in [3.8, 4) is 11.3 Å². The number of benzene rings is 1. The van der Waals surface area contributed by atoms with Gasteiger partial charge in [0.1, 0.15) is 0 Å². The summed E-state index contributed by atoms with van der Waals surface area (Å²) >= 11 is 0. The number of hydrogen-bond acceptors (Lipinski definition) is 3. The van der Waals surface area contributed by atoms with Crippen LogP contribution in [0, 0.1) is 17.8 Å². The Labute approximate surface area is 183 Å². The number of fused-ring (bicyclic) bond motifs is 1. The summed E-state index contributed by atoms with van der Waals surface area (Å²) in [6.07, 6.45) is 11.3. The summed E-state index contributed by atoms with van der Waals surface area (Å²) in [6, 6.07) is 14.0. The van der Waals surface area contributed by atoms with Crippen LogP contribution in [-0.4, -0.2) is 32.9 Å². The molecule has 0 unspecified atom stereocenters. The minimum absolute atomic E-state index is 0.0573. The Morgan fingerprint density at radius 3 is 2.29 bits per heavy atom. The van der Waals surface area contributed by atoms with Crippen LogP contribution in [0.3, 0.4) is 0 Å². The second kappa shape index (κ2) is 7.15. The lowest BCUT2D eigenvalue weighted by Crippen LogP contribution is -2.61. The van der Waals surface area contributed by atoms with E-state index >= 15 is 0 Å². The third kappa shape index (κ3) is 3.07. The molecule has 4 fully saturated rings. The molecule has 0 spiro atoms. The lowest BCUT2D eigenvalue weighted by Gasteiger charge is -2.60. The van der Waals surface area contributed by atoms with Gasteiger partial charge < -0.3 is 4.90 Å². The summed E-state index contributed by atoms with van der Waals surface area (Å²) in [7, 11) is 0. The van der Waals surface area contributed by atoms with E-state index in [-0.39, 0.29) is 11.4 Å². The number of pyridine rings is 2. The minimum atomic E-state index is 0.0573. The van der Waals surface area contributed by atoms with Gasteiger partial charge in [0.25, 0.3) is 5.91 Å². The normalized spacial score (nSPS) is 28.7. The Bertz CT molecular complexity index is 1100. The summed E-state index contributed by atoms with van der Waals surface area (Å²) in [6.45, 7) is 2.93. The highest BCUT2D eigenvalue weighted by Gasteiger charge is 2.54. The van der Waals surface area contributed by atoms with E-state index in [1.807, 2.05) is 42.5 Å². The zero-order chi connectivity index (χ0) is 21.0. The quantitative estimate of drug-likeness (QED) is 0.551. The Morgan fingerprint density at radius 1 is 1.00 bits per heavy atom. The van der Waals surface area contributed by atoms with Crippen LogP contribution in [-0.2, 0) is 0 Å². The molecule has 2 heterocycles. The van der Waals surface area contributed by atoms with Crippen molar-refractivity contribution in [1.29, 1.82) is 0 Å². The van der Waals surface area contributed by atoms with Gasteiger partial charge in [-0.2, -0.15) is 0 Å². The number of amides is 1. The summed E-state index contributed by atoms with van der Waals surface area (Å²) in [5, 5.41) is 0.952. The highest BCUT2D eigenvalue weighted by molar-refractivity contribution is 6.07. The summed E-state index contributed by atoms with van der Waals surface area (Å²) in [5.41, 5.74) is 3.55. The zero-order valence-electron chi connectivity index (χ0n) is 18.1. The number of rotatable bonds is 4. The topological polar surface area (TPSA) is 46.1 Å². The molecule has 4 aliphatic carbocycles. The van der Waals surface area contributed by atoms with Gasteiger partial charge in [-0.05, 0) is 87.5 Å². The molecule has 4 aliphatic rings. The van der Waals surface area contributed by atoms with Gasteiger partial charge >= 0.3 is 0 Å². The van der Waals surface area contributed by atoms with E-state index in [0.29, 0.717) is 0 Å². The van der Waals surface area contributed by atoms with Crippen LogP contribution >= 0.6 is 0 Å². The van der Waals surface area contributed by atoms with Gasteiger partial charge in [-0.25, -0.2) is 4.98 Å². The van der Waals surface area contributed by atoms with Crippen molar-refractivity contribution in [3.63, 3.8) is 0 Å². The largest absolute Gasteiger partial charge is 0.333 e. The molecule has 0 saturated heterocycles. The second-order valence-corrected chi connectivity index (χ2v) is 10.00. The standard InChI is InChI=1S/C27H29N3O/c1-2-30(27-15-18-11-19(16-27)13-20(12-18)17-27)26(31)23-14-25(21-7-9-28-10-8-21)29-24-6-4-3-5-22(23)24/h3-10,14,18-20H,2,11-13,15-17H2,1H3. The molecule has 4 saturated carbocycles. The lowest BCUT2D eigenvalue weighted by atomic mass is 9.52. The number of carbonyl (C=O) groups excluding carboxylic acids is 1. The first-order chi connectivity index (χ1) is 15.1. The number of para-hydroxylation sites is 1. The molecule has 0 N–H and O–H groups in total. The molecule has 158 valence electrons. The SMILES string of the molecule is CCN(C(=O)c1cc(-c2ccncc2)nc2ccccc12)C12CC3CC(CC(C3)C1)C2. The van der Waals surface area contributed by atoms with E-state index in [1.54, 1.807) is 12.4 Å². The Balaban J connectivity index is 1.46. The van der Waals surface area contributed by atoms with Gasteiger partial charge in [0, 0.05) is 35.4 Å².